The van der Waals surface area contributed by atoms with E-state index >= 15 is 0 Å². The summed E-state index contributed by atoms with van der Waals surface area (Å²) in [5.41, 5.74) is 15.0. The van der Waals surface area contributed by atoms with Gasteiger partial charge in [-0.25, -0.2) is 0 Å². The lowest BCUT2D eigenvalue weighted by Crippen LogP contribution is -2.41. The number of nitrogen functional groups attached to an aromatic ring is 1. The molecular weight excluding hydrogens is 406 g/mol. The van der Waals surface area contributed by atoms with Gasteiger partial charge >= 0.3 is 0 Å². The van der Waals surface area contributed by atoms with Crippen molar-refractivity contribution in [3.63, 3.8) is 0 Å². The van der Waals surface area contributed by atoms with Crippen LogP contribution in [0.5, 0.6) is 0 Å². The molecule has 1 amide bonds. The molecule has 1 heterocycles. The third kappa shape index (κ3) is 4.78. The highest BCUT2D eigenvalue weighted by molar-refractivity contribution is 7.98. The third-order valence-corrected chi connectivity index (χ3v) is 6.80. The van der Waals surface area contributed by atoms with E-state index in [-0.39, 0.29) is 23.8 Å². The number of carbonyl (C=O) groups is 1. The van der Waals surface area contributed by atoms with Crippen molar-refractivity contribution in [2.45, 2.75) is 49.2 Å². The molecule has 6 N–H and O–H groups in total. The maximum Gasteiger partial charge on any atom is 0.268 e. The zero-order chi connectivity index (χ0) is 22.0. The predicted octanol–water partition coefficient (Wildman–Crippen LogP) is 3.70. The molecule has 0 radical (unpaired) electrons. The highest BCUT2D eigenvalue weighted by atomic mass is 32.2. The second-order valence-corrected chi connectivity index (χ2v) is 9.12. The van der Waals surface area contributed by atoms with Crippen LogP contribution in [0.15, 0.2) is 53.4 Å². The lowest BCUT2D eigenvalue weighted by Gasteiger charge is -2.27. The van der Waals surface area contributed by atoms with E-state index in [4.69, 9.17) is 16.9 Å². The van der Waals surface area contributed by atoms with E-state index in [0.717, 1.165) is 42.1 Å². The molecule has 31 heavy (non-hydrogen) atoms. The molecule has 0 atom stereocenters. The van der Waals surface area contributed by atoms with Crippen molar-refractivity contribution in [3.8, 4) is 0 Å². The van der Waals surface area contributed by atoms with Gasteiger partial charge in [0.2, 0.25) is 0 Å². The van der Waals surface area contributed by atoms with Crippen molar-refractivity contribution in [1.29, 1.82) is 5.41 Å². The van der Waals surface area contributed by atoms with Crippen LogP contribution in [0.4, 0.5) is 0 Å². The summed E-state index contributed by atoms with van der Waals surface area (Å²) in [6, 6.07) is 16.4. The number of thioether (sulfide) groups is 1. The first-order valence-corrected chi connectivity index (χ1v) is 11.8. The van der Waals surface area contributed by atoms with Crippen LogP contribution in [0, 0.1) is 5.41 Å². The van der Waals surface area contributed by atoms with Gasteiger partial charge in [0.05, 0.1) is 0 Å². The highest BCUT2D eigenvalue weighted by Crippen LogP contribution is 2.25. The lowest BCUT2D eigenvalue weighted by atomic mass is 9.92. The molecule has 6 nitrogen and oxygen atoms in total. The molecule has 1 saturated carbocycles. The molecule has 0 bridgehead atoms. The Kier molecular flexibility index (Phi) is 6.34. The quantitative estimate of drug-likeness (QED) is 0.269. The van der Waals surface area contributed by atoms with Crippen molar-refractivity contribution >= 4 is 34.4 Å². The van der Waals surface area contributed by atoms with E-state index in [1.807, 2.05) is 28.8 Å². The zero-order valence-corrected chi connectivity index (χ0v) is 18.5. The molecular formula is C24H29N5OS. The molecule has 0 unspecified atom stereocenters. The molecule has 0 spiro atoms. The minimum absolute atomic E-state index is 0.0171. The van der Waals surface area contributed by atoms with Crippen LogP contribution in [-0.4, -0.2) is 34.6 Å². The van der Waals surface area contributed by atoms with Crippen LogP contribution in [0.25, 0.3) is 10.9 Å². The fourth-order valence-electron chi connectivity index (χ4n) is 4.22. The smallest absolute Gasteiger partial charge is 0.268 e. The summed E-state index contributed by atoms with van der Waals surface area (Å²) in [7, 11) is 0. The Bertz CT molecular complexity index is 1100. The normalized spacial score (nSPS) is 18.8. The Labute approximate surface area is 186 Å². The first kappa shape index (κ1) is 21.5. The minimum atomic E-state index is -0.0678. The molecule has 1 fully saturated rings. The summed E-state index contributed by atoms with van der Waals surface area (Å²) in [5.74, 6) is -0.0506. The second kappa shape index (κ2) is 9.16. The molecule has 3 aromatic rings. The maximum atomic E-state index is 13.3. The molecule has 162 valence electrons. The molecule has 0 aliphatic heterocycles. The largest absolute Gasteiger partial charge is 0.384 e. The van der Waals surface area contributed by atoms with Gasteiger partial charge in [-0.2, -0.15) is 0 Å². The molecule has 1 aliphatic rings. The van der Waals surface area contributed by atoms with E-state index in [0.29, 0.717) is 17.8 Å². The standard InChI is InChI=1S/C24H29N5OS/c1-31-20-10-2-15(3-11-20)14-29-21-13-17(23(26)27)5-4-16(21)12-22(29)24(30)28-19-8-6-18(25)7-9-19/h2-5,10-13,18-19H,6-9,14,25H2,1H3,(H3,26,27)(H,28,30). The molecule has 1 aromatic heterocycles. The number of nitrogens with zero attached hydrogens (tertiary/aromatic N) is 1. The SMILES string of the molecule is CSc1ccc(Cn2c(C(=O)NC3CCC(N)CC3)cc3ccc(C(=N)N)cc32)cc1. The van der Waals surface area contributed by atoms with Gasteiger partial charge in [0.1, 0.15) is 11.5 Å². The first-order chi connectivity index (χ1) is 14.9. The van der Waals surface area contributed by atoms with Gasteiger partial charge in [-0.05, 0) is 61.8 Å². The summed E-state index contributed by atoms with van der Waals surface area (Å²) >= 11 is 1.70. The van der Waals surface area contributed by atoms with Crippen LogP contribution in [-0.2, 0) is 6.54 Å². The van der Waals surface area contributed by atoms with Crippen molar-refractivity contribution in [2.24, 2.45) is 11.5 Å². The Morgan fingerprint density at radius 3 is 2.48 bits per heavy atom. The number of nitrogens with two attached hydrogens (primary N) is 2. The number of fused-ring (bicyclic) bond motifs is 1. The van der Waals surface area contributed by atoms with Gasteiger partial charge < -0.3 is 21.4 Å². The zero-order valence-electron chi connectivity index (χ0n) is 17.7. The highest BCUT2D eigenvalue weighted by Gasteiger charge is 2.23. The average Bonchev–Trinajstić information content (AvgIpc) is 3.13. The molecule has 7 heteroatoms. The Balaban J connectivity index is 1.69. The third-order valence-electron chi connectivity index (χ3n) is 6.05. The van der Waals surface area contributed by atoms with Crippen molar-refractivity contribution < 1.29 is 4.79 Å². The molecule has 0 saturated heterocycles. The van der Waals surface area contributed by atoms with Gasteiger partial charge in [-0.1, -0.05) is 24.3 Å². The molecule has 2 aromatic carbocycles. The number of carbonyl (C=O) groups excluding carboxylic acids is 1. The number of amidine groups is 1. The fourth-order valence-corrected chi connectivity index (χ4v) is 4.63. The van der Waals surface area contributed by atoms with Crippen LogP contribution in [0.3, 0.4) is 0 Å². The number of amides is 1. The predicted molar refractivity (Wildman–Crippen MR) is 128 cm³/mol. The number of benzene rings is 2. The summed E-state index contributed by atoms with van der Waals surface area (Å²) in [4.78, 5) is 14.5. The van der Waals surface area contributed by atoms with Crippen LogP contribution >= 0.6 is 11.8 Å². The first-order valence-electron chi connectivity index (χ1n) is 10.6. The fraction of sp³-hybridized carbons (Fsp3) is 0.333. The monoisotopic (exact) mass is 435 g/mol. The number of rotatable bonds is 6. The molecule has 1 aliphatic carbocycles. The van der Waals surface area contributed by atoms with Crippen molar-refractivity contribution in [1.82, 2.24) is 9.88 Å². The summed E-state index contributed by atoms with van der Waals surface area (Å²) in [6.07, 6.45) is 5.77. The van der Waals surface area contributed by atoms with Crippen molar-refractivity contribution in [2.75, 3.05) is 6.26 Å². The van der Waals surface area contributed by atoms with Gasteiger partial charge in [0.25, 0.3) is 5.91 Å². The van der Waals surface area contributed by atoms with E-state index in [1.54, 1.807) is 11.8 Å². The Hall–Kier alpha value is -2.77. The van der Waals surface area contributed by atoms with Gasteiger partial charge in [0.15, 0.2) is 0 Å². The van der Waals surface area contributed by atoms with Gasteiger partial charge in [-0.15, -0.1) is 11.8 Å². The van der Waals surface area contributed by atoms with Crippen LogP contribution in [0.1, 0.15) is 47.3 Å². The van der Waals surface area contributed by atoms with Crippen LogP contribution in [0.2, 0.25) is 0 Å². The average molecular weight is 436 g/mol. The topological polar surface area (TPSA) is 110 Å². The Morgan fingerprint density at radius 1 is 1.13 bits per heavy atom. The molecule has 4 rings (SSSR count). The summed E-state index contributed by atoms with van der Waals surface area (Å²) < 4.78 is 2.03. The summed E-state index contributed by atoms with van der Waals surface area (Å²) in [5, 5.41) is 12.0. The Morgan fingerprint density at radius 2 is 1.84 bits per heavy atom. The lowest BCUT2D eigenvalue weighted by molar-refractivity contribution is 0.0917. The minimum Gasteiger partial charge on any atom is -0.384 e. The van der Waals surface area contributed by atoms with E-state index < -0.39 is 0 Å². The van der Waals surface area contributed by atoms with Gasteiger partial charge in [-0.3, -0.25) is 10.2 Å². The van der Waals surface area contributed by atoms with E-state index in [2.05, 4.69) is 35.8 Å². The number of hydrogen-bond donors (Lipinski definition) is 4. The van der Waals surface area contributed by atoms with E-state index in [1.165, 1.54) is 4.90 Å². The second-order valence-electron chi connectivity index (χ2n) is 8.24. The van der Waals surface area contributed by atoms with Crippen LogP contribution < -0.4 is 16.8 Å². The van der Waals surface area contributed by atoms with Crippen molar-refractivity contribution in [3.05, 3.63) is 65.4 Å². The number of aromatic nitrogens is 1. The van der Waals surface area contributed by atoms with E-state index in [9.17, 15) is 4.79 Å². The maximum absolute atomic E-state index is 13.3. The summed E-state index contributed by atoms with van der Waals surface area (Å²) in [6.45, 7) is 0.567. The van der Waals surface area contributed by atoms with Gasteiger partial charge in [0, 0.05) is 40.0 Å². The number of nitrogens with one attached hydrogen (secondary N) is 2. The number of hydrogen-bond acceptors (Lipinski definition) is 4.